The smallest absolute Gasteiger partial charge is 0.410 e. The Morgan fingerprint density at radius 3 is 2.68 bits per heavy atom. The van der Waals surface area contributed by atoms with Crippen LogP contribution in [0.25, 0.3) is 0 Å². The number of benzene rings is 1. The minimum absolute atomic E-state index is 0.0359. The van der Waals surface area contributed by atoms with Gasteiger partial charge in [0.1, 0.15) is 22.4 Å². The van der Waals surface area contributed by atoms with Crippen molar-refractivity contribution < 1.29 is 19.2 Å². The molecule has 0 atom stereocenters. The number of hydrogen-bond acceptors (Lipinski definition) is 5. The van der Waals surface area contributed by atoms with E-state index in [1.165, 1.54) is 6.07 Å². The van der Waals surface area contributed by atoms with Gasteiger partial charge in [0.05, 0.1) is 4.92 Å². The first-order valence-corrected chi connectivity index (χ1v) is 8.68. The average molecular weight is 413 g/mol. The second-order valence-electron chi connectivity index (χ2n) is 6.67. The molecule has 0 radical (unpaired) electrons. The highest BCUT2D eigenvalue weighted by atomic mass is 79.9. The highest BCUT2D eigenvalue weighted by Crippen LogP contribution is 2.34. The molecule has 0 aromatic heterocycles. The minimum Gasteiger partial charge on any atom is -0.488 e. The second kappa shape index (κ2) is 7.86. The molecule has 0 aliphatic carbocycles. The van der Waals surface area contributed by atoms with Crippen LogP contribution in [0.2, 0.25) is 0 Å². The molecule has 7 nitrogen and oxygen atoms in total. The van der Waals surface area contributed by atoms with E-state index in [4.69, 9.17) is 9.47 Å². The summed E-state index contributed by atoms with van der Waals surface area (Å²) >= 11 is 3.21. The number of nitro benzene ring substituents is 1. The van der Waals surface area contributed by atoms with Gasteiger partial charge < -0.3 is 14.4 Å². The van der Waals surface area contributed by atoms with Crippen LogP contribution in [0.1, 0.15) is 27.2 Å². The van der Waals surface area contributed by atoms with Crippen molar-refractivity contribution in [2.24, 2.45) is 0 Å². The summed E-state index contributed by atoms with van der Waals surface area (Å²) in [5.74, 6) is 0.421. The molecule has 1 aromatic carbocycles. The van der Waals surface area contributed by atoms with E-state index in [0.29, 0.717) is 36.3 Å². The molecular weight excluding hydrogens is 392 g/mol. The van der Waals surface area contributed by atoms with Crippen molar-refractivity contribution in [3.63, 3.8) is 0 Å². The van der Waals surface area contributed by atoms with Crippen LogP contribution < -0.4 is 4.74 Å². The normalized spacial score (nSPS) is 14.7. The Morgan fingerprint density at radius 1 is 1.40 bits per heavy atom. The summed E-state index contributed by atoms with van der Waals surface area (Å²) in [6.07, 6.45) is 2.27. The van der Waals surface area contributed by atoms with Crippen LogP contribution in [0.5, 0.6) is 5.75 Å². The predicted octanol–water partition coefficient (Wildman–Crippen LogP) is 4.30. The number of halogens is 1. The van der Waals surface area contributed by atoms with E-state index in [0.717, 1.165) is 5.57 Å². The lowest BCUT2D eigenvalue weighted by Crippen LogP contribution is -2.39. The van der Waals surface area contributed by atoms with Gasteiger partial charge in [-0.25, -0.2) is 4.79 Å². The number of carbonyl (C=O) groups is 1. The number of nitrogens with zero attached hydrogens (tertiary/aromatic N) is 2. The summed E-state index contributed by atoms with van der Waals surface area (Å²) in [7, 11) is 0. The van der Waals surface area contributed by atoms with Crippen LogP contribution in [0, 0.1) is 10.1 Å². The first-order valence-electron chi connectivity index (χ1n) is 7.89. The summed E-state index contributed by atoms with van der Waals surface area (Å²) in [6.45, 7) is 6.84. The van der Waals surface area contributed by atoms with Gasteiger partial charge in [-0.15, -0.1) is 0 Å². The molecule has 1 heterocycles. The average Bonchev–Trinajstić information content (AvgIpc) is 2.52. The van der Waals surface area contributed by atoms with Crippen LogP contribution in [0.3, 0.4) is 0 Å². The molecular formula is C17H21BrN2O5. The van der Waals surface area contributed by atoms with Crippen molar-refractivity contribution in [3.8, 4) is 5.75 Å². The fourth-order valence-corrected chi connectivity index (χ4v) is 2.78. The maximum Gasteiger partial charge on any atom is 0.410 e. The zero-order valence-electron chi connectivity index (χ0n) is 14.5. The Morgan fingerprint density at radius 2 is 2.12 bits per heavy atom. The van der Waals surface area contributed by atoms with E-state index in [-0.39, 0.29) is 11.8 Å². The largest absolute Gasteiger partial charge is 0.488 e. The van der Waals surface area contributed by atoms with Crippen molar-refractivity contribution in [1.82, 2.24) is 4.90 Å². The quantitative estimate of drug-likeness (QED) is 0.418. The molecule has 0 spiro atoms. The number of ether oxygens (including phenoxy) is 2. The molecule has 0 saturated carbocycles. The topological polar surface area (TPSA) is 81.9 Å². The fourth-order valence-electron chi connectivity index (χ4n) is 2.26. The molecule has 2 rings (SSSR count). The maximum atomic E-state index is 12.0. The molecule has 0 unspecified atom stereocenters. The lowest BCUT2D eigenvalue weighted by molar-refractivity contribution is -0.385. The molecule has 25 heavy (non-hydrogen) atoms. The Kier molecular flexibility index (Phi) is 6.05. The van der Waals surface area contributed by atoms with Crippen molar-refractivity contribution in [1.29, 1.82) is 0 Å². The van der Waals surface area contributed by atoms with Crippen LogP contribution in [0.4, 0.5) is 10.5 Å². The van der Waals surface area contributed by atoms with Gasteiger partial charge in [0.2, 0.25) is 0 Å². The van der Waals surface area contributed by atoms with Crippen LogP contribution in [0.15, 0.2) is 34.3 Å². The molecule has 1 amide bonds. The predicted molar refractivity (Wildman–Crippen MR) is 96.8 cm³/mol. The van der Waals surface area contributed by atoms with Gasteiger partial charge in [0.25, 0.3) is 5.69 Å². The summed E-state index contributed by atoms with van der Waals surface area (Å²) in [5.41, 5.74) is 0.489. The van der Waals surface area contributed by atoms with Gasteiger partial charge in [0.15, 0.2) is 0 Å². The molecule has 1 aliphatic rings. The first kappa shape index (κ1) is 19.2. The van der Waals surface area contributed by atoms with Gasteiger partial charge in [-0.1, -0.05) is 12.1 Å². The molecule has 0 saturated heterocycles. The van der Waals surface area contributed by atoms with Crippen molar-refractivity contribution in [2.75, 3.05) is 19.7 Å². The van der Waals surface area contributed by atoms with Crippen LogP contribution in [-0.2, 0) is 4.74 Å². The van der Waals surface area contributed by atoms with Crippen molar-refractivity contribution >= 4 is 27.7 Å². The zero-order chi connectivity index (χ0) is 18.6. The van der Waals surface area contributed by atoms with Crippen molar-refractivity contribution in [2.45, 2.75) is 32.8 Å². The van der Waals surface area contributed by atoms with Gasteiger partial charge in [-0.05, 0) is 54.8 Å². The summed E-state index contributed by atoms with van der Waals surface area (Å²) < 4.78 is 11.4. The molecule has 1 aliphatic heterocycles. The molecule has 0 bridgehead atoms. The lowest BCUT2D eigenvalue weighted by Gasteiger charge is -2.29. The standard InChI is InChI=1S/C17H21BrN2O5/c1-17(2,3)25-16(21)19-9-7-12(8-10-19)11-24-14-6-4-5-13(15(14)18)20(22)23/h4-7H,8-11H2,1-3H3. The van der Waals surface area contributed by atoms with E-state index in [9.17, 15) is 14.9 Å². The Bertz CT molecular complexity index is 697. The third kappa shape index (κ3) is 5.45. The summed E-state index contributed by atoms with van der Waals surface area (Å²) in [6, 6.07) is 4.67. The van der Waals surface area contributed by atoms with E-state index < -0.39 is 10.5 Å². The maximum absolute atomic E-state index is 12.0. The highest BCUT2D eigenvalue weighted by Gasteiger charge is 2.24. The highest BCUT2D eigenvalue weighted by molar-refractivity contribution is 9.10. The Hall–Kier alpha value is -2.09. The molecule has 136 valence electrons. The molecule has 0 fully saturated rings. The van der Waals surface area contributed by atoms with Gasteiger partial charge in [0, 0.05) is 19.2 Å². The van der Waals surface area contributed by atoms with E-state index in [1.807, 2.05) is 26.8 Å². The molecule has 1 aromatic rings. The van der Waals surface area contributed by atoms with E-state index in [2.05, 4.69) is 15.9 Å². The number of amides is 1. The fraction of sp³-hybridized carbons (Fsp3) is 0.471. The van der Waals surface area contributed by atoms with Gasteiger partial charge >= 0.3 is 6.09 Å². The van der Waals surface area contributed by atoms with Gasteiger partial charge in [-0.3, -0.25) is 10.1 Å². The summed E-state index contributed by atoms with van der Waals surface area (Å²) in [4.78, 5) is 24.1. The Labute approximate surface area is 154 Å². The number of rotatable bonds is 4. The third-order valence-corrected chi connectivity index (χ3v) is 4.30. The monoisotopic (exact) mass is 412 g/mol. The van der Waals surface area contributed by atoms with Crippen LogP contribution in [-0.4, -0.2) is 41.2 Å². The van der Waals surface area contributed by atoms with E-state index in [1.54, 1.807) is 17.0 Å². The zero-order valence-corrected chi connectivity index (χ0v) is 16.0. The lowest BCUT2D eigenvalue weighted by atomic mass is 10.1. The third-order valence-electron chi connectivity index (χ3n) is 3.51. The first-order chi connectivity index (χ1) is 11.7. The molecule has 8 heteroatoms. The minimum atomic E-state index is -0.515. The number of hydrogen-bond donors (Lipinski definition) is 0. The SMILES string of the molecule is CC(C)(C)OC(=O)N1CC=C(COc2cccc([N+](=O)[O-])c2Br)CC1. The van der Waals surface area contributed by atoms with Crippen LogP contribution >= 0.6 is 15.9 Å². The second-order valence-corrected chi connectivity index (χ2v) is 7.47. The van der Waals surface area contributed by atoms with Crippen molar-refractivity contribution in [3.05, 3.63) is 44.4 Å². The summed E-state index contributed by atoms with van der Waals surface area (Å²) in [5, 5.41) is 10.9. The molecule has 0 N–H and O–H groups in total. The number of carbonyl (C=O) groups excluding carboxylic acids is 1. The number of nitro groups is 1. The van der Waals surface area contributed by atoms with Gasteiger partial charge in [-0.2, -0.15) is 0 Å². The Balaban J connectivity index is 1.93. The van der Waals surface area contributed by atoms with E-state index >= 15 is 0 Å².